The lowest BCUT2D eigenvalue weighted by Gasteiger charge is -2.18. The first-order chi connectivity index (χ1) is 7.51. The van der Waals surface area contributed by atoms with Crippen molar-refractivity contribution < 1.29 is 4.74 Å². The van der Waals surface area contributed by atoms with Crippen LogP contribution in [0.3, 0.4) is 0 Å². The molecule has 0 fully saturated rings. The van der Waals surface area contributed by atoms with Crippen molar-refractivity contribution in [3.8, 4) is 6.07 Å². The van der Waals surface area contributed by atoms with Crippen molar-refractivity contribution in [2.24, 2.45) is 5.92 Å². The van der Waals surface area contributed by atoms with E-state index in [0.717, 1.165) is 25.2 Å². The number of hydrogen-bond acceptors (Lipinski definition) is 2. The minimum Gasteiger partial charge on any atom is -0.381 e. The zero-order valence-corrected chi connectivity index (χ0v) is 11.5. The third-order valence-electron chi connectivity index (χ3n) is 2.61. The van der Waals surface area contributed by atoms with Crippen molar-refractivity contribution in [2.75, 3.05) is 13.2 Å². The van der Waals surface area contributed by atoms with E-state index in [-0.39, 0.29) is 0 Å². The minimum absolute atomic E-state index is 0.390. The smallest absolute Gasteiger partial charge is 0.0988 e. The van der Waals surface area contributed by atoms with E-state index in [1.807, 2.05) is 12.2 Å². The second-order valence-corrected chi connectivity index (χ2v) is 11.1. The summed E-state index contributed by atoms with van der Waals surface area (Å²) in [6.45, 7) is 8.68. The molecule has 1 aliphatic rings. The molecule has 16 heavy (non-hydrogen) atoms. The lowest BCUT2D eigenvalue weighted by Crippen LogP contribution is -2.22. The van der Waals surface area contributed by atoms with Gasteiger partial charge in [-0.15, -0.1) is 0 Å². The van der Waals surface area contributed by atoms with Gasteiger partial charge >= 0.3 is 0 Å². The molecule has 0 heterocycles. The van der Waals surface area contributed by atoms with Gasteiger partial charge in [-0.2, -0.15) is 5.26 Å². The highest BCUT2D eigenvalue weighted by molar-refractivity contribution is 6.76. The summed E-state index contributed by atoms with van der Waals surface area (Å²) in [5, 5.41) is 8.78. The maximum absolute atomic E-state index is 8.78. The second kappa shape index (κ2) is 6.02. The molecule has 1 aliphatic carbocycles. The van der Waals surface area contributed by atoms with Gasteiger partial charge in [0, 0.05) is 26.2 Å². The van der Waals surface area contributed by atoms with Gasteiger partial charge < -0.3 is 4.74 Å². The first-order valence-corrected chi connectivity index (χ1v) is 9.58. The Labute approximate surface area is 99.6 Å². The summed E-state index contributed by atoms with van der Waals surface area (Å²) in [6, 6.07) is 3.39. The number of rotatable bonds is 5. The number of nitriles is 1. The fourth-order valence-electron chi connectivity index (χ4n) is 1.55. The highest BCUT2D eigenvalue weighted by Gasteiger charge is 2.13. The molecular weight excluding hydrogens is 214 g/mol. The Morgan fingerprint density at radius 2 is 2.25 bits per heavy atom. The van der Waals surface area contributed by atoms with Crippen LogP contribution in [0.5, 0.6) is 0 Å². The number of ether oxygens (including phenoxy) is 1. The molecule has 0 amide bonds. The van der Waals surface area contributed by atoms with E-state index < -0.39 is 8.07 Å². The average Bonchev–Trinajstić information content (AvgIpc) is 2.23. The van der Waals surface area contributed by atoms with E-state index >= 15 is 0 Å². The summed E-state index contributed by atoms with van der Waals surface area (Å²) in [4.78, 5) is 0. The first-order valence-electron chi connectivity index (χ1n) is 5.87. The van der Waals surface area contributed by atoms with Gasteiger partial charge in [0.05, 0.1) is 12.7 Å². The van der Waals surface area contributed by atoms with Crippen LogP contribution in [0.2, 0.25) is 25.7 Å². The third-order valence-corrected chi connectivity index (χ3v) is 4.31. The van der Waals surface area contributed by atoms with Crippen molar-refractivity contribution in [1.29, 1.82) is 5.26 Å². The van der Waals surface area contributed by atoms with Crippen molar-refractivity contribution in [1.82, 2.24) is 0 Å². The first kappa shape index (κ1) is 13.2. The lowest BCUT2D eigenvalue weighted by atomic mass is 9.98. The summed E-state index contributed by atoms with van der Waals surface area (Å²) in [5.74, 6) is 0.390. The fraction of sp³-hybridized carbons (Fsp3) is 0.615. The molecule has 0 saturated carbocycles. The number of hydrogen-bond donors (Lipinski definition) is 0. The van der Waals surface area contributed by atoms with Gasteiger partial charge in [0.1, 0.15) is 0 Å². The molecule has 1 unspecified atom stereocenters. The molecule has 1 atom stereocenters. The predicted molar refractivity (Wildman–Crippen MR) is 69.9 cm³/mol. The topological polar surface area (TPSA) is 33.0 Å². The molecule has 0 radical (unpaired) electrons. The normalized spacial score (nSPS) is 20.4. The molecule has 0 aliphatic heterocycles. The standard InChI is InChI=1S/C13H21NOSi/c1-16(2,3)8-7-15-11-13-6-4-5-12(9-13)10-14/h4-5,9,13H,6-8,11H2,1-3H3. The molecule has 1 rings (SSSR count). The van der Waals surface area contributed by atoms with Gasteiger partial charge in [0.15, 0.2) is 0 Å². The van der Waals surface area contributed by atoms with Crippen LogP contribution < -0.4 is 0 Å². The van der Waals surface area contributed by atoms with Gasteiger partial charge in [-0.1, -0.05) is 31.8 Å². The molecule has 0 aromatic carbocycles. The Kier molecular flexibility index (Phi) is 4.97. The van der Waals surface area contributed by atoms with E-state index in [1.165, 1.54) is 6.04 Å². The van der Waals surface area contributed by atoms with E-state index in [2.05, 4.69) is 31.8 Å². The Balaban J connectivity index is 2.22. The molecule has 88 valence electrons. The van der Waals surface area contributed by atoms with Crippen LogP contribution in [-0.2, 0) is 4.74 Å². The van der Waals surface area contributed by atoms with E-state index in [4.69, 9.17) is 10.00 Å². The molecule has 0 bridgehead atoms. The van der Waals surface area contributed by atoms with Gasteiger partial charge in [-0.05, 0) is 18.5 Å². The Bertz CT molecular complexity index is 320. The van der Waals surface area contributed by atoms with E-state index in [0.29, 0.717) is 5.92 Å². The molecule has 0 aromatic heterocycles. The Morgan fingerprint density at radius 3 is 2.88 bits per heavy atom. The van der Waals surface area contributed by atoms with Crippen LogP contribution in [0.4, 0.5) is 0 Å². The van der Waals surface area contributed by atoms with Crippen LogP contribution in [0.15, 0.2) is 23.8 Å². The minimum atomic E-state index is -0.971. The maximum Gasteiger partial charge on any atom is 0.0988 e. The van der Waals surface area contributed by atoms with Crippen molar-refractivity contribution >= 4 is 8.07 Å². The molecule has 3 heteroatoms. The second-order valence-electron chi connectivity index (χ2n) is 5.52. The Morgan fingerprint density at radius 1 is 1.50 bits per heavy atom. The summed E-state index contributed by atoms with van der Waals surface area (Å²) in [6.07, 6.45) is 6.97. The molecule has 0 spiro atoms. The van der Waals surface area contributed by atoms with Gasteiger partial charge in [-0.3, -0.25) is 0 Å². The van der Waals surface area contributed by atoms with Crippen LogP contribution in [0, 0.1) is 17.2 Å². The van der Waals surface area contributed by atoms with Crippen LogP contribution in [-0.4, -0.2) is 21.3 Å². The third kappa shape index (κ3) is 5.29. The highest BCUT2D eigenvalue weighted by Crippen LogP contribution is 2.17. The highest BCUT2D eigenvalue weighted by atomic mass is 28.3. The fourth-order valence-corrected chi connectivity index (χ4v) is 2.31. The summed E-state index contributed by atoms with van der Waals surface area (Å²) < 4.78 is 5.69. The Hall–Kier alpha value is -0.853. The van der Waals surface area contributed by atoms with Gasteiger partial charge in [0.25, 0.3) is 0 Å². The summed E-state index contributed by atoms with van der Waals surface area (Å²) in [5.41, 5.74) is 0.769. The van der Waals surface area contributed by atoms with Crippen molar-refractivity contribution in [3.63, 3.8) is 0 Å². The molecule has 0 saturated heterocycles. The monoisotopic (exact) mass is 235 g/mol. The van der Waals surface area contributed by atoms with Crippen LogP contribution >= 0.6 is 0 Å². The molecule has 0 N–H and O–H groups in total. The average molecular weight is 235 g/mol. The van der Waals surface area contributed by atoms with E-state index in [9.17, 15) is 0 Å². The number of nitrogens with zero attached hydrogens (tertiary/aromatic N) is 1. The maximum atomic E-state index is 8.78. The van der Waals surface area contributed by atoms with Crippen molar-refractivity contribution in [3.05, 3.63) is 23.8 Å². The molecule has 2 nitrogen and oxygen atoms in total. The SMILES string of the molecule is C[Si](C)(C)CCOCC1C=C(C#N)C=CC1. The van der Waals surface area contributed by atoms with Crippen molar-refractivity contribution in [2.45, 2.75) is 32.1 Å². The van der Waals surface area contributed by atoms with E-state index in [1.54, 1.807) is 0 Å². The van der Waals surface area contributed by atoms with Gasteiger partial charge in [-0.25, -0.2) is 0 Å². The van der Waals surface area contributed by atoms with Crippen LogP contribution in [0.25, 0.3) is 0 Å². The lowest BCUT2D eigenvalue weighted by molar-refractivity contribution is 0.124. The summed E-state index contributed by atoms with van der Waals surface area (Å²) >= 11 is 0. The zero-order valence-electron chi connectivity index (χ0n) is 10.5. The van der Waals surface area contributed by atoms with Gasteiger partial charge in [0.2, 0.25) is 0 Å². The number of allylic oxidation sites excluding steroid dienone is 3. The molecular formula is C13H21NOSi. The zero-order chi connectivity index (χ0) is 12.0. The predicted octanol–water partition coefficient (Wildman–Crippen LogP) is 3.37. The molecule has 0 aromatic rings. The largest absolute Gasteiger partial charge is 0.381 e. The summed E-state index contributed by atoms with van der Waals surface area (Å²) in [7, 11) is -0.971. The quantitative estimate of drug-likeness (QED) is 0.540. The van der Waals surface area contributed by atoms with Crippen LogP contribution in [0.1, 0.15) is 6.42 Å².